The van der Waals surface area contributed by atoms with Crippen molar-refractivity contribution in [2.24, 2.45) is 0 Å². The van der Waals surface area contributed by atoms with Crippen LogP contribution in [0.3, 0.4) is 0 Å². The molecule has 0 spiro atoms. The zero-order chi connectivity index (χ0) is 10.6. The van der Waals surface area contributed by atoms with Crippen LogP contribution < -0.4 is 0 Å². The van der Waals surface area contributed by atoms with Crippen LogP contribution in [0.1, 0.15) is 30.8 Å². The second kappa shape index (κ2) is 4.91. The fourth-order valence-electron chi connectivity index (χ4n) is 0.751. The van der Waals surface area contributed by atoms with E-state index in [4.69, 9.17) is 16.3 Å². The number of carbonyl (C=O) groups is 1. The quantitative estimate of drug-likeness (QED) is 0.723. The lowest BCUT2D eigenvalue weighted by Crippen LogP contribution is -2.15. The molecule has 5 heteroatoms. The number of nitrogens with zero attached hydrogens (tertiary/aromatic N) is 2. The van der Waals surface area contributed by atoms with Gasteiger partial charge in [0.1, 0.15) is 0 Å². The highest BCUT2D eigenvalue weighted by molar-refractivity contribution is 6.29. The van der Waals surface area contributed by atoms with Crippen molar-refractivity contribution in [1.82, 2.24) is 10.2 Å². The van der Waals surface area contributed by atoms with E-state index >= 15 is 0 Å². The number of ether oxygens (including phenoxy) is 1. The predicted molar refractivity (Wildman–Crippen MR) is 52.2 cm³/mol. The van der Waals surface area contributed by atoms with Gasteiger partial charge in [-0.2, -0.15) is 0 Å². The van der Waals surface area contributed by atoms with Crippen molar-refractivity contribution in [2.75, 3.05) is 0 Å². The van der Waals surface area contributed by atoms with Crippen molar-refractivity contribution in [1.29, 1.82) is 0 Å². The molecule has 0 aliphatic rings. The first-order valence-electron chi connectivity index (χ1n) is 4.33. The van der Waals surface area contributed by atoms with E-state index in [0.29, 0.717) is 0 Å². The fraction of sp³-hybridized carbons (Fsp3) is 0.444. The lowest BCUT2D eigenvalue weighted by molar-refractivity contribution is 0.0326. The Morgan fingerprint density at radius 2 is 2.29 bits per heavy atom. The van der Waals surface area contributed by atoms with E-state index < -0.39 is 5.97 Å². The van der Waals surface area contributed by atoms with Gasteiger partial charge in [-0.15, -0.1) is 10.2 Å². The van der Waals surface area contributed by atoms with Crippen LogP contribution in [0.4, 0.5) is 0 Å². The minimum Gasteiger partial charge on any atom is -0.458 e. The van der Waals surface area contributed by atoms with E-state index in [1.54, 1.807) is 0 Å². The van der Waals surface area contributed by atoms with Gasteiger partial charge in [0.25, 0.3) is 0 Å². The molecule has 1 unspecified atom stereocenters. The van der Waals surface area contributed by atoms with E-state index in [1.165, 1.54) is 12.1 Å². The SMILES string of the molecule is CCC(C)OC(=O)c1ccc(Cl)nn1. The van der Waals surface area contributed by atoms with Crippen LogP contribution in [0.2, 0.25) is 5.15 Å². The van der Waals surface area contributed by atoms with Crippen molar-refractivity contribution in [3.05, 3.63) is 23.0 Å². The van der Waals surface area contributed by atoms with Crippen molar-refractivity contribution in [3.63, 3.8) is 0 Å². The zero-order valence-electron chi connectivity index (χ0n) is 8.03. The molecular weight excluding hydrogens is 204 g/mol. The van der Waals surface area contributed by atoms with Gasteiger partial charge in [0.15, 0.2) is 10.8 Å². The molecule has 0 bridgehead atoms. The lowest BCUT2D eigenvalue weighted by Gasteiger charge is -2.09. The van der Waals surface area contributed by atoms with E-state index in [1.807, 2.05) is 13.8 Å². The van der Waals surface area contributed by atoms with Crippen LogP contribution in [0, 0.1) is 0 Å². The molecule has 4 nitrogen and oxygen atoms in total. The molecule has 0 aliphatic heterocycles. The Kier molecular flexibility index (Phi) is 3.83. The number of esters is 1. The van der Waals surface area contributed by atoms with Crippen molar-refractivity contribution in [2.45, 2.75) is 26.4 Å². The van der Waals surface area contributed by atoms with Gasteiger partial charge in [-0.3, -0.25) is 0 Å². The van der Waals surface area contributed by atoms with E-state index in [0.717, 1.165) is 6.42 Å². The summed E-state index contributed by atoms with van der Waals surface area (Å²) in [6.07, 6.45) is 0.659. The van der Waals surface area contributed by atoms with Crippen LogP contribution in [0.15, 0.2) is 12.1 Å². The molecule has 14 heavy (non-hydrogen) atoms. The maximum Gasteiger partial charge on any atom is 0.359 e. The molecule has 1 aromatic rings. The van der Waals surface area contributed by atoms with Gasteiger partial charge >= 0.3 is 5.97 Å². The first kappa shape index (κ1) is 10.9. The summed E-state index contributed by atoms with van der Waals surface area (Å²) in [7, 11) is 0. The highest BCUT2D eigenvalue weighted by atomic mass is 35.5. The molecule has 1 aromatic heterocycles. The van der Waals surface area contributed by atoms with Gasteiger partial charge in [-0.05, 0) is 25.5 Å². The Balaban J connectivity index is 2.65. The predicted octanol–water partition coefficient (Wildman–Crippen LogP) is 2.09. The largest absolute Gasteiger partial charge is 0.458 e. The zero-order valence-corrected chi connectivity index (χ0v) is 8.78. The van der Waals surface area contributed by atoms with Gasteiger partial charge in [0.2, 0.25) is 0 Å². The van der Waals surface area contributed by atoms with Crippen molar-refractivity contribution < 1.29 is 9.53 Å². The van der Waals surface area contributed by atoms with Crippen molar-refractivity contribution in [3.8, 4) is 0 Å². The second-order valence-corrected chi connectivity index (χ2v) is 3.25. The summed E-state index contributed by atoms with van der Waals surface area (Å²) in [5.74, 6) is -0.469. The maximum atomic E-state index is 11.4. The van der Waals surface area contributed by atoms with E-state index in [9.17, 15) is 4.79 Å². The molecule has 0 N–H and O–H groups in total. The first-order chi connectivity index (χ1) is 6.63. The maximum absolute atomic E-state index is 11.4. The molecular formula is C9H11ClN2O2. The summed E-state index contributed by atoms with van der Waals surface area (Å²) in [6, 6.07) is 2.99. The summed E-state index contributed by atoms with van der Waals surface area (Å²) in [6.45, 7) is 3.76. The lowest BCUT2D eigenvalue weighted by atomic mass is 10.3. The summed E-state index contributed by atoms with van der Waals surface area (Å²) < 4.78 is 5.04. The second-order valence-electron chi connectivity index (χ2n) is 2.87. The van der Waals surface area contributed by atoms with E-state index in [-0.39, 0.29) is 17.0 Å². The summed E-state index contributed by atoms with van der Waals surface area (Å²) in [5.41, 5.74) is 0.176. The van der Waals surface area contributed by atoms with Gasteiger partial charge in [0.05, 0.1) is 6.10 Å². The third-order valence-corrected chi connectivity index (χ3v) is 1.93. The van der Waals surface area contributed by atoms with Gasteiger partial charge in [0, 0.05) is 0 Å². The normalized spacial score (nSPS) is 12.2. The third-order valence-electron chi connectivity index (χ3n) is 1.72. The average Bonchev–Trinajstić information content (AvgIpc) is 2.18. The topological polar surface area (TPSA) is 52.1 Å². The number of hydrogen-bond acceptors (Lipinski definition) is 4. The Bertz CT molecular complexity index is 313. The molecule has 0 saturated carbocycles. The monoisotopic (exact) mass is 214 g/mol. The number of hydrogen-bond donors (Lipinski definition) is 0. The average molecular weight is 215 g/mol. The molecule has 0 saturated heterocycles. The summed E-state index contributed by atoms with van der Waals surface area (Å²) in [5, 5.41) is 7.41. The molecule has 1 atom stereocenters. The van der Waals surface area contributed by atoms with Crippen molar-refractivity contribution >= 4 is 17.6 Å². The summed E-state index contributed by atoms with van der Waals surface area (Å²) in [4.78, 5) is 11.4. The summed E-state index contributed by atoms with van der Waals surface area (Å²) >= 11 is 5.52. The number of aromatic nitrogens is 2. The molecule has 0 aromatic carbocycles. The smallest absolute Gasteiger partial charge is 0.359 e. The molecule has 76 valence electrons. The first-order valence-corrected chi connectivity index (χ1v) is 4.71. The Hall–Kier alpha value is -1.16. The standard InChI is InChI=1S/C9H11ClN2O2/c1-3-6(2)14-9(13)7-4-5-8(10)12-11-7/h4-6H,3H2,1-2H3. The number of carbonyl (C=O) groups excluding carboxylic acids is 1. The Morgan fingerprint density at radius 3 is 2.79 bits per heavy atom. The minimum absolute atomic E-state index is 0.111. The third kappa shape index (κ3) is 2.96. The van der Waals surface area contributed by atoms with Gasteiger partial charge in [-0.1, -0.05) is 18.5 Å². The molecule has 0 amide bonds. The molecule has 1 rings (SSSR count). The van der Waals surface area contributed by atoms with Crippen LogP contribution in [-0.2, 0) is 4.74 Å². The minimum atomic E-state index is -0.469. The Labute approximate surface area is 87.2 Å². The van der Waals surface area contributed by atoms with Crippen LogP contribution in [0.5, 0.6) is 0 Å². The van der Waals surface area contributed by atoms with E-state index in [2.05, 4.69) is 10.2 Å². The number of halogens is 1. The highest BCUT2D eigenvalue weighted by Gasteiger charge is 2.12. The van der Waals surface area contributed by atoms with Gasteiger partial charge < -0.3 is 4.74 Å². The molecule has 1 heterocycles. The molecule has 0 aliphatic carbocycles. The fourth-order valence-corrected chi connectivity index (χ4v) is 0.852. The highest BCUT2D eigenvalue weighted by Crippen LogP contribution is 2.05. The van der Waals surface area contributed by atoms with Crippen LogP contribution >= 0.6 is 11.6 Å². The molecule has 0 fully saturated rings. The van der Waals surface area contributed by atoms with Crippen LogP contribution in [-0.4, -0.2) is 22.3 Å². The molecule has 0 radical (unpaired) electrons. The van der Waals surface area contributed by atoms with Crippen LogP contribution in [0.25, 0.3) is 0 Å². The Morgan fingerprint density at radius 1 is 1.57 bits per heavy atom. The number of rotatable bonds is 3. The van der Waals surface area contributed by atoms with Gasteiger partial charge in [-0.25, -0.2) is 4.79 Å².